The van der Waals surface area contributed by atoms with Gasteiger partial charge in [-0.05, 0) is 43.7 Å². The number of alkyl halides is 3. The van der Waals surface area contributed by atoms with Gasteiger partial charge in [-0.25, -0.2) is 9.97 Å². The predicted octanol–water partition coefficient (Wildman–Crippen LogP) is 6.97. The Balaban J connectivity index is 1.51. The number of rotatable bonds is 6. The monoisotopic (exact) mass is 494 g/mol. The molecule has 0 unspecified atom stereocenters. The van der Waals surface area contributed by atoms with Crippen LogP contribution >= 0.6 is 34.4 Å². The number of aromatic nitrogens is 2. The zero-order chi connectivity index (χ0) is 23.0. The number of aliphatic carboxylic acids is 1. The molecule has 0 aliphatic rings. The lowest BCUT2D eigenvalue weighted by atomic mass is 10.1. The molecule has 2 aromatic heterocycles. The van der Waals surface area contributed by atoms with E-state index in [2.05, 4.69) is 9.97 Å². The van der Waals surface area contributed by atoms with E-state index >= 15 is 0 Å². The van der Waals surface area contributed by atoms with Gasteiger partial charge in [0, 0.05) is 21.1 Å². The first-order valence-corrected chi connectivity index (χ1v) is 12.1. The van der Waals surface area contributed by atoms with Crippen molar-refractivity contribution >= 4 is 50.6 Å². The Labute approximate surface area is 194 Å². The van der Waals surface area contributed by atoms with Crippen LogP contribution in [0, 0.1) is 13.8 Å². The number of aryl methyl sites for hydroxylation is 2. The fourth-order valence-corrected chi connectivity index (χ4v) is 6.53. The molecule has 0 saturated carbocycles. The molecule has 1 N–H and O–H groups in total. The summed E-state index contributed by atoms with van der Waals surface area (Å²) in [5, 5.41) is 10.3. The van der Waals surface area contributed by atoms with E-state index in [9.17, 15) is 18.0 Å². The molecule has 0 spiro atoms. The van der Waals surface area contributed by atoms with E-state index in [0.29, 0.717) is 21.3 Å². The second-order valence-electron chi connectivity index (χ2n) is 7.16. The molecule has 0 aliphatic carbocycles. The molecule has 0 atom stereocenters. The third kappa shape index (κ3) is 4.97. The van der Waals surface area contributed by atoms with Crippen molar-refractivity contribution in [3.8, 4) is 10.6 Å². The quantitative estimate of drug-likeness (QED) is 0.293. The van der Waals surface area contributed by atoms with Gasteiger partial charge in [0.25, 0.3) is 0 Å². The van der Waals surface area contributed by atoms with Crippen molar-refractivity contribution in [1.29, 1.82) is 0 Å². The second-order valence-corrected chi connectivity index (χ2v) is 10.4. The largest absolute Gasteiger partial charge is 0.481 e. The van der Waals surface area contributed by atoms with Crippen molar-refractivity contribution < 1.29 is 23.1 Å². The van der Waals surface area contributed by atoms with Gasteiger partial charge in [-0.15, -0.1) is 34.4 Å². The number of hydrogen-bond acceptors (Lipinski definition) is 6. The molecule has 166 valence electrons. The fourth-order valence-electron chi connectivity index (χ4n) is 3.14. The van der Waals surface area contributed by atoms with Gasteiger partial charge >= 0.3 is 12.1 Å². The fraction of sp³-hybridized carbons (Fsp3) is 0.227. The molecular weight excluding hydrogens is 477 g/mol. The van der Waals surface area contributed by atoms with Crippen molar-refractivity contribution in [2.24, 2.45) is 0 Å². The molecular formula is C22H17F3N2O2S3. The topological polar surface area (TPSA) is 63.1 Å². The first-order chi connectivity index (χ1) is 15.1. The predicted molar refractivity (Wildman–Crippen MR) is 123 cm³/mol. The summed E-state index contributed by atoms with van der Waals surface area (Å²) in [4.78, 5) is 22.0. The summed E-state index contributed by atoms with van der Waals surface area (Å²) < 4.78 is 39.3. The maximum Gasteiger partial charge on any atom is 0.416 e. The lowest BCUT2D eigenvalue weighted by Gasteiger charge is -2.06. The van der Waals surface area contributed by atoms with Gasteiger partial charge in [-0.3, -0.25) is 4.79 Å². The average molecular weight is 495 g/mol. The summed E-state index contributed by atoms with van der Waals surface area (Å²) in [7, 11) is 0. The van der Waals surface area contributed by atoms with E-state index in [1.807, 2.05) is 26.0 Å². The molecule has 0 fully saturated rings. The Hall–Kier alpha value is -2.43. The maximum absolute atomic E-state index is 12.8. The Bertz CT molecular complexity index is 1290. The molecule has 0 radical (unpaired) electrons. The summed E-state index contributed by atoms with van der Waals surface area (Å²) in [6.45, 7) is 3.85. The molecule has 2 heterocycles. The first kappa shape index (κ1) is 22.8. The smallest absolute Gasteiger partial charge is 0.416 e. The van der Waals surface area contributed by atoms with Crippen LogP contribution in [-0.4, -0.2) is 21.0 Å². The third-order valence-electron chi connectivity index (χ3n) is 4.73. The van der Waals surface area contributed by atoms with Gasteiger partial charge < -0.3 is 5.11 Å². The number of carboxylic acids is 1. The summed E-state index contributed by atoms with van der Waals surface area (Å²) in [5.41, 5.74) is 2.66. The van der Waals surface area contributed by atoms with Crippen LogP contribution in [0.2, 0.25) is 0 Å². The van der Waals surface area contributed by atoms with Crippen molar-refractivity contribution in [3.63, 3.8) is 0 Å². The number of fused-ring (bicyclic) bond motifs is 1. The van der Waals surface area contributed by atoms with Gasteiger partial charge in [-0.1, -0.05) is 12.1 Å². The molecule has 0 saturated heterocycles. The van der Waals surface area contributed by atoms with Crippen molar-refractivity contribution in [2.75, 3.05) is 0 Å². The highest BCUT2D eigenvalue weighted by atomic mass is 32.2. The molecule has 10 heteroatoms. The number of thiazole rings is 2. The van der Waals surface area contributed by atoms with Crippen LogP contribution in [0.5, 0.6) is 0 Å². The van der Waals surface area contributed by atoms with Crippen LogP contribution in [0.4, 0.5) is 13.2 Å². The van der Waals surface area contributed by atoms with E-state index in [1.165, 1.54) is 34.8 Å². The number of carbonyl (C=O) groups is 1. The minimum atomic E-state index is -4.36. The SMILES string of the molecule is Cc1nc(-c2ccc(C(F)(F)F)cc2)sc1CSc1cc(C)c2nc(CC(=O)O)sc2c1. The lowest BCUT2D eigenvalue weighted by molar-refractivity contribution is -0.138. The molecule has 4 rings (SSSR count). The molecule has 2 aromatic carbocycles. The zero-order valence-corrected chi connectivity index (χ0v) is 19.4. The highest BCUT2D eigenvalue weighted by Gasteiger charge is 2.30. The number of halogens is 3. The first-order valence-electron chi connectivity index (χ1n) is 9.49. The Kier molecular flexibility index (Phi) is 6.28. The number of carboxylic acid groups (broad SMARTS) is 1. The molecule has 0 amide bonds. The van der Waals surface area contributed by atoms with Crippen LogP contribution in [0.25, 0.3) is 20.8 Å². The van der Waals surface area contributed by atoms with Gasteiger partial charge in [-0.2, -0.15) is 13.2 Å². The van der Waals surface area contributed by atoms with Crippen LogP contribution in [0.3, 0.4) is 0 Å². The molecule has 4 aromatic rings. The zero-order valence-electron chi connectivity index (χ0n) is 17.0. The lowest BCUT2D eigenvalue weighted by Crippen LogP contribution is -2.03. The highest BCUT2D eigenvalue weighted by Crippen LogP contribution is 2.36. The van der Waals surface area contributed by atoms with E-state index < -0.39 is 17.7 Å². The average Bonchev–Trinajstić information content (AvgIpc) is 3.28. The third-order valence-corrected chi connectivity index (χ3v) is 8.12. The maximum atomic E-state index is 12.8. The van der Waals surface area contributed by atoms with E-state index in [-0.39, 0.29) is 6.42 Å². The normalized spacial score (nSPS) is 11.9. The summed E-state index contributed by atoms with van der Waals surface area (Å²) in [6, 6.07) is 9.10. The number of benzene rings is 2. The highest BCUT2D eigenvalue weighted by molar-refractivity contribution is 7.98. The summed E-state index contributed by atoms with van der Waals surface area (Å²) in [6.07, 6.45) is -4.45. The van der Waals surface area contributed by atoms with Crippen LogP contribution in [0.15, 0.2) is 41.3 Å². The van der Waals surface area contributed by atoms with E-state index in [0.717, 1.165) is 43.4 Å². The Morgan fingerprint density at radius 2 is 1.81 bits per heavy atom. The van der Waals surface area contributed by atoms with Crippen LogP contribution in [0.1, 0.15) is 26.7 Å². The number of nitrogens with zero attached hydrogens (tertiary/aromatic N) is 2. The van der Waals surface area contributed by atoms with Crippen LogP contribution < -0.4 is 0 Å². The Morgan fingerprint density at radius 3 is 2.47 bits per heavy atom. The minimum Gasteiger partial charge on any atom is -0.481 e. The standard InChI is InChI=1S/C22H17F3N2O2S3/c1-11-7-15(8-16-20(11)27-18(31-16)9-19(28)29)30-10-17-12(2)26-21(32-17)13-3-5-14(6-4-13)22(23,24)25/h3-8H,9-10H2,1-2H3,(H,28,29). The van der Waals surface area contributed by atoms with Gasteiger partial charge in [0.2, 0.25) is 0 Å². The second kappa shape index (κ2) is 8.84. The molecule has 32 heavy (non-hydrogen) atoms. The Morgan fingerprint density at radius 1 is 1.09 bits per heavy atom. The number of hydrogen-bond donors (Lipinski definition) is 1. The van der Waals surface area contributed by atoms with Gasteiger partial charge in [0.15, 0.2) is 0 Å². The van der Waals surface area contributed by atoms with Gasteiger partial charge in [0.1, 0.15) is 10.0 Å². The number of thioether (sulfide) groups is 1. The molecule has 0 bridgehead atoms. The van der Waals surface area contributed by atoms with Crippen molar-refractivity contribution in [3.05, 3.63) is 63.1 Å². The molecule has 4 nitrogen and oxygen atoms in total. The van der Waals surface area contributed by atoms with E-state index in [4.69, 9.17) is 5.11 Å². The van der Waals surface area contributed by atoms with Gasteiger partial charge in [0.05, 0.1) is 27.9 Å². The van der Waals surface area contributed by atoms with Crippen molar-refractivity contribution in [2.45, 2.75) is 37.1 Å². The van der Waals surface area contributed by atoms with Crippen molar-refractivity contribution in [1.82, 2.24) is 9.97 Å². The molecule has 0 aliphatic heterocycles. The summed E-state index contributed by atoms with van der Waals surface area (Å²) in [5.74, 6) is -0.226. The van der Waals surface area contributed by atoms with Crippen LogP contribution in [-0.2, 0) is 23.1 Å². The minimum absolute atomic E-state index is 0.0892. The summed E-state index contributed by atoms with van der Waals surface area (Å²) >= 11 is 4.50. The van der Waals surface area contributed by atoms with E-state index in [1.54, 1.807) is 11.8 Å².